The largest absolute Gasteiger partial charge is 0.453 e. The third-order valence-electron chi connectivity index (χ3n) is 9.54. The summed E-state index contributed by atoms with van der Waals surface area (Å²) in [6.07, 6.45) is 1.75. The van der Waals surface area contributed by atoms with E-state index in [9.17, 15) is 18.0 Å². The number of fused-ring (bicyclic) bond motifs is 2. The van der Waals surface area contributed by atoms with Gasteiger partial charge in [0.1, 0.15) is 17.7 Å². The zero-order valence-electron chi connectivity index (χ0n) is 26.9. The summed E-state index contributed by atoms with van der Waals surface area (Å²) in [5.74, 6) is -3.06. The standard InChI is InChI=1S/C33H43ClF2N4O6S/c1-33(2)17-21(14-15-46-33)28(20-6-8-22(34)9-7-20)30(39-32(42)45-3)31(41)38-29-25(26(35)12-13-27(29)36)11-10-24-18-37-23-5-4-16-47(43,44)40(24)19-23/h6-9,12-13,21,23-24,28,30,37H,4-5,10-11,14-19H2,1-3H3,(H,38,41)(H,39,42)/t21-,23+,24-,28-,30-/m0/s1. The number of amides is 2. The fraction of sp³-hybridized carbons (Fsp3) is 0.576. The molecule has 3 saturated heterocycles. The minimum absolute atomic E-state index is 0.0356. The molecule has 0 spiro atoms. The Morgan fingerprint density at radius 3 is 2.57 bits per heavy atom. The number of alkyl carbamates (subject to hydrolysis) is 1. The van der Waals surface area contributed by atoms with Gasteiger partial charge in [-0.1, -0.05) is 23.7 Å². The van der Waals surface area contributed by atoms with Crippen molar-refractivity contribution in [2.45, 2.75) is 82.0 Å². The van der Waals surface area contributed by atoms with E-state index in [1.165, 1.54) is 11.4 Å². The molecule has 3 aliphatic rings. The third kappa shape index (κ3) is 8.43. The fourth-order valence-electron chi connectivity index (χ4n) is 7.24. The molecule has 3 N–H and O–H groups in total. The Hall–Kier alpha value is -2.84. The molecule has 5 rings (SSSR count). The number of rotatable bonds is 9. The quantitative estimate of drug-likeness (QED) is 0.338. The molecule has 0 radical (unpaired) electrons. The number of ether oxygens (including phenoxy) is 2. The van der Waals surface area contributed by atoms with Gasteiger partial charge in [0.25, 0.3) is 0 Å². The van der Waals surface area contributed by atoms with Crippen LogP contribution in [0.1, 0.15) is 63.0 Å². The molecule has 0 saturated carbocycles. The summed E-state index contributed by atoms with van der Waals surface area (Å²) in [7, 11) is -2.31. The van der Waals surface area contributed by atoms with E-state index >= 15 is 8.78 Å². The highest BCUT2D eigenvalue weighted by Gasteiger charge is 2.42. The van der Waals surface area contributed by atoms with Gasteiger partial charge in [-0.3, -0.25) is 4.79 Å². The SMILES string of the molecule is COC(=O)N[C@H](C(=O)Nc1c(F)ccc(F)c1CC[C@H]1CN[C@@H]2CCCS(=O)(=O)N1C2)[C@@H](c1ccc(Cl)cc1)[C@H]1CCOC(C)(C)C1. The zero-order chi connectivity index (χ0) is 33.9. The molecule has 2 aromatic rings. The number of anilines is 1. The van der Waals surface area contributed by atoms with Gasteiger partial charge in [-0.2, -0.15) is 4.31 Å². The van der Waals surface area contributed by atoms with Crippen molar-refractivity contribution in [3.05, 3.63) is 64.2 Å². The van der Waals surface area contributed by atoms with Crippen LogP contribution in [0, 0.1) is 17.6 Å². The van der Waals surface area contributed by atoms with Gasteiger partial charge in [0.05, 0.1) is 24.2 Å². The predicted molar refractivity (Wildman–Crippen MR) is 175 cm³/mol. The maximum atomic E-state index is 15.5. The monoisotopic (exact) mass is 696 g/mol. The minimum atomic E-state index is -3.49. The highest BCUT2D eigenvalue weighted by molar-refractivity contribution is 7.89. The Morgan fingerprint density at radius 1 is 1.15 bits per heavy atom. The van der Waals surface area contributed by atoms with Gasteiger partial charge in [-0.25, -0.2) is 22.0 Å². The number of carbonyl (C=O) groups is 2. The van der Waals surface area contributed by atoms with Crippen molar-refractivity contribution in [2.75, 3.05) is 37.9 Å². The maximum Gasteiger partial charge on any atom is 0.407 e. The number of sulfonamides is 1. The topological polar surface area (TPSA) is 126 Å². The maximum absolute atomic E-state index is 15.5. The second-order valence-electron chi connectivity index (χ2n) is 13.2. The second-order valence-corrected chi connectivity index (χ2v) is 15.7. The molecule has 6 atom stereocenters. The van der Waals surface area contributed by atoms with Crippen molar-refractivity contribution in [3.63, 3.8) is 0 Å². The Labute approximate surface area is 279 Å². The number of nitrogens with one attached hydrogen (secondary N) is 3. The van der Waals surface area contributed by atoms with E-state index in [0.29, 0.717) is 44.0 Å². The lowest BCUT2D eigenvalue weighted by Gasteiger charge is -2.41. The van der Waals surface area contributed by atoms with Crippen LogP contribution in [0.3, 0.4) is 0 Å². The third-order valence-corrected chi connectivity index (χ3v) is 11.8. The molecule has 47 heavy (non-hydrogen) atoms. The van der Waals surface area contributed by atoms with E-state index in [0.717, 1.165) is 24.1 Å². The number of methoxy groups -OCH3 is 1. The molecule has 3 heterocycles. The summed E-state index contributed by atoms with van der Waals surface area (Å²) >= 11 is 6.18. The summed E-state index contributed by atoms with van der Waals surface area (Å²) < 4.78 is 69.2. The molecule has 0 aromatic heterocycles. The van der Waals surface area contributed by atoms with Gasteiger partial charge in [-0.15, -0.1) is 0 Å². The number of hydrogen-bond acceptors (Lipinski definition) is 7. The Bertz CT molecular complexity index is 1560. The van der Waals surface area contributed by atoms with E-state index in [1.807, 2.05) is 13.8 Å². The molecule has 258 valence electrons. The van der Waals surface area contributed by atoms with Gasteiger partial charge in [0, 0.05) is 48.3 Å². The first kappa shape index (κ1) is 35.5. The second kappa shape index (κ2) is 14.7. The van der Waals surface area contributed by atoms with Crippen LogP contribution in [0.15, 0.2) is 36.4 Å². The molecule has 3 fully saturated rings. The van der Waals surface area contributed by atoms with Crippen molar-refractivity contribution in [3.8, 4) is 0 Å². The first-order valence-electron chi connectivity index (χ1n) is 16.0. The molecule has 1 unspecified atom stereocenters. The fourth-order valence-corrected chi connectivity index (χ4v) is 9.17. The average Bonchev–Trinajstić information content (AvgIpc) is 3.14. The summed E-state index contributed by atoms with van der Waals surface area (Å²) in [4.78, 5) is 26.9. The zero-order valence-corrected chi connectivity index (χ0v) is 28.4. The number of hydrogen-bond donors (Lipinski definition) is 3. The van der Waals surface area contributed by atoms with Crippen LogP contribution in [0.4, 0.5) is 19.3 Å². The van der Waals surface area contributed by atoms with Crippen LogP contribution < -0.4 is 16.0 Å². The lowest BCUT2D eigenvalue weighted by Crippen LogP contribution is -2.57. The van der Waals surface area contributed by atoms with Gasteiger partial charge < -0.3 is 25.4 Å². The molecule has 10 nitrogen and oxygen atoms in total. The highest BCUT2D eigenvalue weighted by Crippen LogP contribution is 2.41. The lowest BCUT2D eigenvalue weighted by atomic mass is 9.73. The van der Waals surface area contributed by atoms with E-state index in [2.05, 4.69) is 16.0 Å². The van der Waals surface area contributed by atoms with Crippen LogP contribution in [0.25, 0.3) is 0 Å². The van der Waals surface area contributed by atoms with Crippen molar-refractivity contribution >= 4 is 39.3 Å². The Balaban J connectivity index is 1.45. The number of carbonyl (C=O) groups excluding carboxylic acids is 2. The molecule has 0 aliphatic carbocycles. The molecule has 2 amide bonds. The van der Waals surface area contributed by atoms with Crippen molar-refractivity contribution < 1.29 is 36.3 Å². The van der Waals surface area contributed by atoms with Crippen LogP contribution in [-0.4, -0.2) is 81.0 Å². The van der Waals surface area contributed by atoms with E-state index in [1.54, 1.807) is 24.3 Å². The first-order valence-corrected chi connectivity index (χ1v) is 18.0. The Morgan fingerprint density at radius 2 is 1.87 bits per heavy atom. The molecular formula is C33H43ClF2N4O6S. The van der Waals surface area contributed by atoms with Gasteiger partial charge in [0.2, 0.25) is 15.9 Å². The van der Waals surface area contributed by atoms with Crippen molar-refractivity contribution in [2.24, 2.45) is 5.92 Å². The van der Waals surface area contributed by atoms with E-state index in [-0.39, 0.29) is 41.8 Å². The summed E-state index contributed by atoms with van der Waals surface area (Å²) in [5, 5.41) is 9.13. The molecule has 14 heteroatoms. The summed E-state index contributed by atoms with van der Waals surface area (Å²) in [5.41, 5.74) is -0.222. The van der Waals surface area contributed by atoms with Gasteiger partial charge in [-0.05, 0) is 88.1 Å². The van der Waals surface area contributed by atoms with Gasteiger partial charge in [0.15, 0.2) is 0 Å². The van der Waals surface area contributed by atoms with Crippen LogP contribution >= 0.6 is 11.6 Å². The van der Waals surface area contributed by atoms with Crippen LogP contribution in [0.5, 0.6) is 0 Å². The van der Waals surface area contributed by atoms with E-state index in [4.69, 9.17) is 21.1 Å². The number of halogens is 3. The van der Waals surface area contributed by atoms with Crippen molar-refractivity contribution in [1.29, 1.82) is 0 Å². The van der Waals surface area contributed by atoms with Crippen LogP contribution in [0.2, 0.25) is 5.02 Å². The minimum Gasteiger partial charge on any atom is -0.453 e. The highest BCUT2D eigenvalue weighted by atomic mass is 35.5. The summed E-state index contributed by atoms with van der Waals surface area (Å²) in [6, 6.07) is 7.21. The van der Waals surface area contributed by atoms with Crippen LogP contribution in [-0.2, 0) is 30.7 Å². The molecular weight excluding hydrogens is 654 g/mol. The number of nitrogens with zero attached hydrogens (tertiary/aromatic N) is 1. The molecule has 2 bridgehead atoms. The normalized spacial score (nSPS) is 26.3. The Kier molecular flexibility index (Phi) is 11.1. The lowest BCUT2D eigenvalue weighted by molar-refractivity contribution is -0.120. The first-order chi connectivity index (χ1) is 22.3. The molecule has 3 aliphatic heterocycles. The molecule has 2 aromatic carbocycles. The number of benzene rings is 2. The average molecular weight is 697 g/mol. The number of piperazine rings is 1. The summed E-state index contributed by atoms with van der Waals surface area (Å²) in [6.45, 7) is 5.05. The smallest absolute Gasteiger partial charge is 0.407 e. The van der Waals surface area contributed by atoms with Crippen molar-refractivity contribution in [1.82, 2.24) is 14.9 Å². The predicted octanol–water partition coefficient (Wildman–Crippen LogP) is 4.97. The van der Waals surface area contributed by atoms with E-state index < -0.39 is 57.3 Å². The van der Waals surface area contributed by atoms with Gasteiger partial charge >= 0.3 is 6.09 Å².